The fourth-order valence-electron chi connectivity index (χ4n) is 4.44. The third-order valence-corrected chi connectivity index (χ3v) is 6.40. The van der Waals surface area contributed by atoms with Crippen molar-refractivity contribution in [2.45, 2.75) is 65.0 Å². The van der Waals surface area contributed by atoms with Crippen LogP contribution in [0.15, 0.2) is 18.2 Å². The van der Waals surface area contributed by atoms with Gasteiger partial charge < -0.3 is 10.6 Å². The second-order valence-corrected chi connectivity index (χ2v) is 8.65. The maximum absolute atomic E-state index is 12.6. The quantitative estimate of drug-likeness (QED) is 0.771. The SMILES string of the molecule is Cc1cccc(C)c1NC(=O)CN1CCN([C@@H](C)C(=O)NC2CCCCC2)CC1. The fraction of sp³-hybridized carbons (Fsp3) is 0.652. The molecule has 2 aliphatic rings. The molecule has 0 spiro atoms. The third-order valence-electron chi connectivity index (χ3n) is 6.40. The van der Waals surface area contributed by atoms with Crippen LogP contribution in [0.1, 0.15) is 50.2 Å². The first-order valence-electron chi connectivity index (χ1n) is 11.1. The Morgan fingerprint density at radius 1 is 1.03 bits per heavy atom. The van der Waals surface area contributed by atoms with E-state index in [0.29, 0.717) is 12.6 Å². The first kappa shape index (κ1) is 21.8. The van der Waals surface area contributed by atoms with Gasteiger partial charge in [-0.2, -0.15) is 0 Å². The molecule has 0 radical (unpaired) electrons. The number of piperazine rings is 1. The van der Waals surface area contributed by atoms with Gasteiger partial charge in [-0.1, -0.05) is 37.5 Å². The summed E-state index contributed by atoms with van der Waals surface area (Å²) in [4.78, 5) is 29.5. The molecule has 6 heteroatoms. The summed E-state index contributed by atoms with van der Waals surface area (Å²) in [5.41, 5.74) is 3.09. The van der Waals surface area contributed by atoms with Crippen LogP contribution in [-0.4, -0.2) is 66.4 Å². The molecule has 0 aromatic heterocycles. The molecule has 1 aromatic rings. The first-order valence-corrected chi connectivity index (χ1v) is 11.1. The van der Waals surface area contributed by atoms with Crippen LogP contribution < -0.4 is 10.6 Å². The lowest BCUT2D eigenvalue weighted by atomic mass is 9.95. The number of hydrogen-bond acceptors (Lipinski definition) is 4. The summed E-state index contributed by atoms with van der Waals surface area (Å²) in [5, 5.41) is 6.30. The molecule has 1 saturated carbocycles. The number of para-hydroxylation sites is 1. The van der Waals surface area contributed by atoms with Crippen molar-refractivity contribution in [1.29, 1.82) is 0 Å². The number of benzene rings is 1. The van der Waals surface area contributed by atoms with Gasteiger partial charge in [0, 0.05) is 37.9 Å². The molecule has 3 rings (SSSR count). The van der Waals surface area contributed by atoms with Crippen molar-refractivity contribution in [1.82, 2.24) is 15.1 Å². The third kappa shape index (κ3) is 6.03. The molecule has 1 heterocycles. The van der Waals surface area contributed by atoms with E-state index in [1.807, 2.05) is 39.0 Å². The zero-order valence-corrected chi connectivity index (χ0v) is 18.2. The Bertz CT molecular complexity index is 687. The van der Waals surface area contributed by atoms with E-state index in [9.17, 15) is 9.59 Å². The highest BCUT2D eigenvalue weighted by atomic mass is 16.2. The first-order chi connectivity index (χ1) is 13.9. The minimum Gasteiger partial charge on any atom is -0.352 e. The highest BCUT2D eigenvalue weighted by Crippen LogP contribution is 2.20. The molecule has 1 aliphatic heterocycles. The number of amides is 2. The second kappa shape index (κ2) is 10.2. The summed E-state index contributed by atoms with van der Waals surface area (Å²) in [5.74, 6) is 0.178. The minimum absolute atomic E-state index is 0.0268. The molecule has 6 nitrogen and oxygen atoms in total. The predicted octanol–water partition coefficient (Wildman–Crippen LogP) is 2.70. The Hall–Kier alpha value is -1.92. The lowest BCUT2D eigenvalue weighted by molar-refractivity contribution is -0.128. The molecular weight excluding hydrogens is 364 g/mol. The summed E-state index contributed by atoms with van der Waals surface area (Å²) in [6.07, 6.45) is 5.97. The van der Waals surface area contributed by atoms with Crippen LogP contribution in [-0.2, 0) is 9.59 Å². The summed E-state index contributed by atoms with van der Waals surface area (Å²) >= 11 is 0. The van der Waals surface area contributed by atoms with E-state index in [0.717, 1.165) is 55.8 Å². The van der Waals surface area contributed by atoms with E-state index in [-0.39, 0.29) is 17.9 Å². The van der Waals surface area contributed by atoms with Crippen molar-refractivity contribution in [3.8, 4) is 0 Å². The Kier molecular flexibility index (Phi) is 7.67. The van der Waals surface area contributed by atoms with E-state index in [4.69, 9.17) is 0 Å². The van der Waals surface area contributed by atoms with Gasteiger partial charge in [0.15, 0.2) is 0 Å². The lowest BCUT2D eigenvalue weighted by Gasteiger charge is -2.37. The molecule has 2 fully saturated rings. The van der Waals surface area contributed by atoms with E-state index in [1.165, 1.54) is 19.3 Å². The number of hydrogen-bond donors (Lipinski definition) is 2. The number of carbonyl (C=O) groups excluding carboxylic acids is 2. The maximum atomic E-state index is 12.6. The maximum Gasteiger partial charge on any atom is 0.238 e. The Morgan fingerprint density at radius 3 is 2.28 bits per heavy atom. The van der Waals surface area contributed by atoms with Gasteiger partial charge in [-0.25, -0.2) is 0 Å². The Labute approximate surface area is 175 Å². The molecule has 1 saturated heterocycles. The van der Waals surface area contributed by atoms with Crippen LogP contribution in [0.4, 0.5) is 5.69 Å². The van der Waals surface area contributed by atoms with E-state index in [2.05, 4.69) is 20.4 Å². The van der Waals surface area contributed by atoms with Crippen molar-refractivity contribution in [2.75, 3.05) is 38.0 Å². The standard InChI is InChI=1S/C23H36N4O2/c1-17-8-7-9-18(2)22(17)25-21(28)16-26-12-14-27(15-13-26)19(3)23(29)24-20-10-5-4-6-11-20/h7-9,19-20H,4-6,10-16H2,1-3H3,(H,24,29)(H,25,28)/t19-/m0/s1. The van der Waals surface area contributed by atoms with Crippen LogP contribution in [0, 0.1) is 13.8 Å². The molecule has 1 atom stereocenters. The van der Waals surface area contributed by atoms with Crippen LogP contribution in [0.5, 0.6) is 0 Å². The number of rotatable bonds is 6. The van der Waals surface area contributed by atoms with Gasteiger partial charge in [-0.05, 0) is 44.7 Å². The van der Waals surface area contributed by atoms with Gasteiger partial charge in [0.2, 0.25) is 11.8 Å². The van der Waals surface area contributed by atoms with Crippen molar-refractivity contribution >= 4 is 17.5 Å². The van der Waals surface area contributed by atoms with Gasteiger partial charge in [0.25, 0.3) is 0 Å². The highest BCUT2D eigenvalue weighted by molar-refractivity contribution is 5.93. The number of carbonyl (C=O) groups is 2. The fourth-order valence-corrected chi connectivity index (χ4v) is 4.44. The van der Waals surface area contributed by atoms with E-state index >= 15 is 0 Å². The molecule has 1 aromatic carbocycles. The number of anilines is 1. The van der Waals surface area contributed by atoms with Crippen molar-refractivity contribution in [3.05, 3.63) is 29.3 Å². The van der Waals surface area contributed by atoms with Gasteiger partial charge in [0.05, 0.1) is 12.6 Å². The van der Waals surface area contributed by atoms with Crippen LogP contribution >= 0.6 is 0 Å². The van der Waals surface area contributed by atoms with E-state index in [1.54, 1.807) is 0 Å². The molecule has 1 aliphatic carbocycles. The Morgan fingerprint density at radius 2 is 1.66 bits per heavy atom. The monoisotopic (exact) mass is 400 g/mol. The second-order valence-electron chi connectivity index (χ2n) is 8.65. The molecule has 29 heavy (non-hydrogen) atoms. The zero-order valence-electron chi connectivity index (χ0n) is 18.2. The minimum atomic E-state index is -0.109. The Balaban J connectivity index is 1.42. The highest BCUT2D eigenvalue weighted by Gasteiger charge is 2.28. The van der Waals surface area contributed by atoms with Gasteiger partial charge >= 0.3 is 0 Å². The number of nitrogens with one attached hydrogen (secondary N) is 2. The molecule has 160 valence electrons. The normalized spacial score (nSPS) is 20.2. The molecule has 2 N–H and O–H groups in total. The summed E-state index contributed by atoms with van der Waals surface area (Å²) in [6.45, 7) is 9.67. The average molecular weight is 401 g/mol. The number of aryl methyl sites for hydroxylation is 2. The molecular formula is C23H36N4O2. The van der Waals surface area contributed by atoms with Crippen molar-refractivity contribution in [2.24, 2.45) is 0 Å². The van der Waals surface area contributed by atoms with Crippen molar-refractivity contribution < 1.29 is 9.59 Å². The largest absolute Gasteiger partial charge is 0.352 e. The molecule has 0 unspecified atom stereocenters. The number of nitrogens with zero attached hydrogens (tertiary/aromatic N) is 2. The van der Waals surface area contributed by atoms with Gasteiger partial charge in [0.1, 0.15) is 0 Å². The summed E-state index contributed by atoms with van der Waals surface area (Å²) in [6, 6.07) is 6.28. The average Bonchev–Trinajstić information content (AvgIpc) is 2.71. The smallest absolute Gasteiger partial charge is 0.238 e. The van der Waals surface area contributed by atoms with Crippen LogP contribution in [0.25, 0.3) is 0 Å². The summed E-state index contributed by atoms with van der Waals surface area (Å²) in [7, 11) is 0. The van der Waals surface area contributed by atoms with Gasteiger partial charge in [-0.15, -0.1) is 0 Å². The zero-order chi connectivity index (χ0) is 20.8. The molecule has 2 amide bonds. The predicted molar refractivity (Wildman–Crippen MR) is 117 cm³/mol. The molecule has 0 bridgehead atoms. The van der Waals surface area contributed by atoms with Gasteiger partial charge in [-0.3, -0.25) is 19.4 Å². The topological polar surface area (TPSA) is 64.7 Å². The van der Waals surface area contributed by atoms with Crippen molar-refractivity contribution in [3.63, 3.8) is 0 Å². The van der Waals surface area contributed by atoms with E-state index < -0.39 is 0 Å². The lowest BCUT2D eigenvalue weighted by Crippen LogP contribution is -2.55. The van der Waals surface area contributed by atoms with Crippen LogP contribution in [0.2, 0.25) is 0 Å². The van der Waals surface area contributed by atoms with Crippen LogP contribution in [0.3, 0.4) is 0 Å². The summed E-state index contributed by atoms with van der Waals surface area (Å²) < 4.78 is 0.